The van der Waals surface area contributed by atoms with Crippen LogP contribution < -0.4 is 54.0 Å². The van der Waals surface area contributed by atoms with Crippen molar-refractivity contribution < 1.29 is 63.3 Å². The van der Waals surface area contributed by atoms with Gasteiger partial charge in [0.1, 0.15) is 36.3 Å². The highest BCUT2D eigenvalue weighted by Gasteiger charge is 2.34. The molecule has 0 aliphatic heterocycles. The molecule has 1 rings (SSSR count). The molecule has 67 heavy (non-hydrogen) atoms. The van der Waals surface area contributed by atoms with E-state index in [2.05, 4.69) is 42.5 Å². The minimum atomic E-state index is -1.61. The largest absolute Gasteiger partial charge is 0.481 e. The lowest BCUT2D eigenvalue weighted by atomic mass is 9.99. The summed E-state index contributed by atoms with van der Waals surface area (Å²) in [7, 11) is 0. The molecule has 0 saturated carbocycles. The van der Waals surface area contributed by atoms with Crippen LogP contribution in [-0.2, 0) is 54.4 Å². The van der Waals surface area contributed by atoms with Crippen LogP contribution in [0.4, 0.5) is 0 Å². The molecule has 23 nitrogen and oxygen atoms in total. The second kappa shape index (κ2) is 30.2. The van der Waals surface area contributed by atoms with E-state index in [0.717, 1.165) is 5.56 Å². The summed E-state index contributed by atoms with van der Waals surface area (Å²) in [6.45, 7) is 10.2. The van der Waals surface area contributed by atoms with Crippen molar-refractivity contribution in [1.29, 1.82) is 0 Å². The molecular formula is C44H72N10O13. The lowest BCUT2D eigenvalue weighted by molar-refractivity contribution is -0.143. The van der Waals surface area contributed by atoms with E-state index < -0.39 is 145 Å². The van der Waals surface area contributed by atoms with E-state index >= 15 is 0 Å². The third-order valence-corrected chi connectivity index (χ3v) is 10.3. The highest BCUT2D eigenvalue weighted by atomic mass is 16.4. The maximum atomic E-state index is 13.7. The standard InChI is InChI=1S/C44H72N10O13/c1-23(2)19-31(51-43(65)37(26(7)55)52-33(57)22-48-41(63)35(24(3)4)53-38(60)28(46)20-27-13-9-8-10-14-27)40(62)54-36(25(5)6)42(64)47-21-32(56)49-29(16-17-34(58)59)39(61)50-30(44(66)67)15-11-12-18-45/h8-10,13-14,23-26,28-31,35-37,55H,11-12,15-22,45-46H2,1-7H3,(H,47,64)(H,48,63)(H,49,56)(H,50,61)(H,51,65)(H,52,57)(H,53,60)(H,54,62)(H,58,59)(H,66,67)/t26-,28+,29+,30+,31+,35+,36+,37+/m1/s1. The minimum Gasteiger partial charge on any atom is -0.481 e. The van der Waals surface area contributed by atoms with Crippen molar-refractivity contribution in [2.75, 3.05) is 19.6 Å². The van der Waals surface area contributed by atoms with Crippen molar-refractivity contribution in [3.8, 4) is 0 Å². The lowest BCUT2D eigenvalue weighted by Gasteiger charge is -2.28. The van der Waals surface area contributed by atoms with Crippen LogP contribution >= 0.6 is 0 Å². The van der Waals surface area contributed by atoms with E-state index in [1.807, 2.05) is 18.2 Å². The first kappa shape index (κ1) is 58.8. The average molecular weight is 949 g/mol. The molecular weight excluding hydrogens is 877 g/mol. The first-order valence-corrected chi connectivity index (χ1v) is 22.4. The topological polar surface area (TPSA) is 380 Å². The van der Waals surface area contributed by atoms with Crippen LogP contribution in [0.5, 0.6) is 0 Å². The van der Waals surface area contributed by atoms with Crippen LogP contribution in [0.2, 0.25) is 0 Å². The van der Waals surface area contributed by atoms with Gasteiger partial charge in [-0.3, -0.25) is 43.2 Å². The number of carbonyl (C=O) groups excluding carboxylic acids is 8. The second-order valence-electron chi connectivity index (χ2n) is 17.4. The fourth-order valence-electron chi connectivity index (χ4n) is 6.50. The second-order valence-corrected chi connectivity index (χ2v) is 17.4. The smallest absolute Gasteiger partial charge is 0.326 e. The molecule has 0 fully saturated rings. The van der Waals surface area contributed by atoms with Gasteiger partial charge in [0.15, 0.2) is 0 Å². The average Bonchev–Trinajstić information content (AvgIpc) is 3.24. The van der Waals surface area contributed by atoms with E-state index in [1.165, 1.54) is 6.92 Å². The summed E-state index contributed by atoms with van der Waals surface area (Å²) in [6.07, 6.45) is -1.28. The van der Waals surface area contributed by atoms with Gasteiger partial charge in [-0.2, -0.15) is 0 Å². The van der Waals surface area contributed by atoms with Gasteiger partial charge in [-0.1, -0.05) is 71.9 Å². The molecule has 0 bridgehead atoms. The summed E-state index contributed by atoms with van der Waals surface area (Å²) in [6, 6.07) is 0.0229. The van der Waals surface area contributed by atoms with Crippen molar-refractivity contribution in [3.05, 3.63) is 35.9 Å². The maximum Gasteiger partial charge on any atom is 0.326 e. The Bertz CT molecular complexity index is 1830. The quantitative estimate of drug-likeness (QED) is 0.0343. The summed E-state index contributed by atoms with van der Waals surface area (Å²) in [5.74, 6) is -10.5. The van der Waals surface area contributed by atoms with E-state index in [0.29, 0.717) is 19.4 Å². The number of carboxylic acid groups (broad SMARTS) is 2. The van der Waals surface area contributed by atoms with E-state index in [-0.39, 0.29) is 25.2 Å². The fraction of sp³-hybridized carbons (Fsp3) is 0.636. The SMILES string of the molecule is CC(C)C[C@H](NC(=O)[C@@H](NC(=O)CNC(=O)[C@@H](NC(=O)[C@@H](N)Cc1ccccc1)C(C)C)[C@@H](C)O)C(=O)N[C@H](C(=O)NCC(=O)N[C@@H](CCC(=O)O)C(=O)N[C@@H](CCCCN)C(=O)O)C(C)C. The number of carboxylic acids is 2. The number of aliphatic hydroxyl groups is 1. The number of benzene rings is 1. The molecule has 0 saturated heterocycles. The molecule has 376 valence electrons. The molecule has 1 aromatic carbocycles. The van der Waals surface area contributed by atoms with Crippen LogP contribution in [0.25, 0.3) is 0 Å². The number of rotatable bonds is 31. The van der Waals surface area contributed by atoms with Gasteiger partial charge in [0.25, 0.3) is 0 Å². The van der Waals surface area contributed by atoms with Crippen LogP contribution in [0.1, 0.15) is 92.6 Å². The zero-order valence-electron chi connectivity index (χ0n) is 39.4. The summed E-state index contributed by atoms with van der Waals surface area (Å²) in [4.78, 5) is 129. The van der Waals surface area contributed by atoms with Crippen molar-refractivity contribution >= 4 is 59.2 Å². The van der Waals surface area contributed by atoms with Crippen molar-refractivity contribution in [1.82, 2.24) is 42.5 Å². The Morgan fingerprint density at radius 1 is 0.567 bits per heavy atom. The molecule has 0 aromatic heterocycles. The highest BCUT2D eigenvalue weighted by molar-refractivity contribution is 5.97. The van der Waals surface area contributed by atoms with E-state index in [4.69, 9.17) is 11.5 Å². The molecule has 8 amide bonds. The number of hydrogen-bond acceptors (Lipinski definition) is 13. The number of nitrogens with two attached hydrogens (primary N) is 2. The van der Waals surface area contributed by atoms with E-state index in [1.54, 1.807) is 53.7 Å². The van der Waals surface area contributed by atoms with Crippen molar-refractivity contribution in [3.63, 3.8) is 0 Å². The predicted molar refractivity (Wildman–Crippen MR) is 244 cm³/mol. The first-order chi connectivity index (χ1) is 31.4. The summed E-state index contributed by atoms with van der Waals surface area (Å²) in [5, 5.41) is 48.7. The van der Waals surface area contributed by atoms with Crippen molar-refractivity contribution in [2.24, 2.45) is 29.2 Å². The normalized spacial score (nSPS) is 14.8. The van der Waals surface area contributed by atoms with Crippen molar-refractivity contribution in [2.45, 2.75) is 142 Å². The summed E-state index contributed by atoms with van der Waals surface area (Å²) < 4.78 is 0. The summed E-state index contributed by atoms with van der Waals surface area (Å²) in [5.41, 5.74) is 12.4. The fourth-order valence-corrected chi connectivity index (χ4v) is 6.50. The molecule has 23 heteroatoms. The molecule has 0 aliphatic rings. The zero-order chi connectivity index (χ0) is 51.0. The highest BCUT2D eigenvalue weighted by Crippen LogP contribution is 2.11. The first-order valence-electron chi connectivity index (χ1n) is 22.4. The van der Waals surface area contributed by atoms with Gasteiger partial charge in [0.2, 0.25) is 47.3 Å². The number of amides is 8. The van der Waals surface area contributed by atoms with Crippen LogP contribution in [-0.4, -0.2) is 143 Å². The third kappa shape index (κ3) is 22.7. The number of carbonyl (C=O) groups is 10. The lowest BCUT2D eigenvalue weighted by Crippen LogP contribution is -2.60. The van der Waals surface area contributed by atoms with Gasteiger partial charge in [-0.25, -0.2) is 4.79 Å². The molecule has 0 aliphatic carbocycles. The maximum absolute atomic E-state index is 13.7. The van der Waals surface area contributed by atoms with Gasteiger partial charge in [-0.15, -0.1) is 0 Å². The van der Waals surface area contributed by atoms with Gasteiger partial charge in [-0.05, 0) is 75.3 Å². The molecule has 0 heterocycles. The molecule has 0 spiro atoms. The number of unbranched alkanes of at least 4 members (excludes halogenated alkanes) is 1. The Morgan fingerprint density at radius 3 is 1.55 bits per heavy atom. The van der Waals surface area contributed by atoms with Gasteiger partial charge in [0.05, 0.1) is 25.2 Å². The Hall–Kier alpha value is -6.20. The Kier molecular flexibility index (Phi) is 26.5. The van der Waals surface area contributed by atoms with Crippen LogP contribution in [0, 0.1) is 17.8 Å². The van der Waals surface area contributed by atoms with Gasteiger partial charge < -0.3 is 69.3 Å². The Morgan fingerprint density at radius 2 is 1.07 bits per heavy atom. The Labute approximate surface area is 390 Å². The third-order valence-electron chi connectivity index (χ3n) is 10.3. The predicted octanol–water partition coefficient (Wildman–Crippen LogP) is -2.49. The molecule has 1 aromatic rings. The van der Waals surface area contributed by atoms with Crippen LogP contribution in [0.15, 0.2) is 30.3 Å². The molecule has 15 N–H and O–H groups in total. The molecule has 0 radical (unpaired) electrons. The van der Waals surface area contributed by atoms with Gasteiger partial charge in [0, 0.05) is 6.42 Å². The molecule has 0 unspecified atom stereocenters. The monoisotopic (exact) mass is 949 g/mol. The summed E-state index contributed by atoms with van der Waals surface area (Å²) >= 11 is 0. The molecule has 8 atom stereocenters. The Balaban J connectivity index is 2.99. The number of aliphatic carboxylic acids is 2. The number of aliphatic hydroxyl groups excluding tert-OH is 1. The minimum absolute atomic E-state index is 0.0348. The number of nitrogens with one attached hydrogen (secondary N) is 8. The van der Waals surface area contributed by atoms with Gasteiger partial charge >= 0.3 is 11.9 Å². The zero-order valence-corrected chi connectivity index (χ0v) is 39.4. The van der Waals surface area contributed by atoms with Crippen LogP contribution in [0.3, 0.4) is 0 Å². The number of hydrogen-bond donors (Lipinski definition) is 13. The van der Waals surface area contributed by atoms with E-state index in [9.17, 15) is 63.3 Å².